The zero-order valence-electron chi connectivity index (χ0n) is 11.9. The standard InChI is InChI=1S/C13H27ClO3S/c1-4-7-10-17-11-13(8-5-2,9-6-3)12-18(14,15)16/h4-12H2,1-3H3. The normalized spacial score (nSPS) is 12.9. The maximum atomic E-state index is 11.4. The van der Waals surface area contributed by atoms with Crippen molar-refractivity contribution in [3.05, 3.63) is 0 Å². The fraction of sp³-hybridized carbons (Fsp3) is 1.00. The van der Waals surface area contributed by atoms with E-state index in [0.29, 0.717) is 13.2 Å². The van der Waals surface area contributed by atoms with Crippen molar-refractivity contribution >= 4 is 19.7 Å². The van der Waals surface area contributed by atoms with Crippen LogP contribution in [0.2, 0.25) is 0 Å². The van der Waals surface area contributed by atoms with Gasteiger partial charge in [-0.3, -0.25) is 0 Å². The summed E-state index contributed by atoms with van der Waals surface area (Å²) in [5, 5.41) is 0. The zero-order chi connectivity index (χ0) is 14.1. The molecule has 0 spiro atoms. The van der Waals surface area contributed by atoms with E-state index in [-0.39, 0.29) is 11.2 Å². The number of hydrogen-bond donors (Lipinski definition) is 0. The molecule has 0 aliphatic heterocycles. The van der Waals surface area contributed by atoms with E-state index in [1.165, 1.54) is 0 Å². The monoisotopic (exact) mass is 298 g/mol. The van der Waals surface area contributed by atoms with Gasteiger partial charge < -0.3 is 4.74 Å². The van der Waals surface area contributed by atoms with Gasteiger partial charge in [0.15, 0.2) is 0 Å². The molecule has 0 aliphatic carbocycles. The van der Waals surface area contributed by atoms with Gasteiger partial charge in [-0.2, -0.15) is 0 Å². The first-order valence-corrected chi connectivity index (χ1v) is 9.37. The van der Waals surface area contributed by atoms with E-state index >= 15 is 0 Å². The Hall–Kier alpha value is 0.200. The molecule has 0 aromatic rings. The SMILES string of the molecule is CCCCOCC(CCC)(CCC)CS(=O)(=O)Cl. The third kappa shape index (κ3) is 8.33. The Bertz CT molecular complexity index is 295. The lowest BCUT2D eigenvalue weighted by Gasteiger charge is -2.32. The molecule has 5 heteroatoms. The van der Waals surface area contributed by atoms with E-state index in [9.17, 15) is 8.42 Å². The van der Waals surface area contributed by atoms with E-state index in [2.05, 4.69) is 20.8 Å². The molecule has 0 fully saturated rings. The lowest BCUT2D eigenvalue weighted by atomic mass is 9.82. The molecule has 0 bridgehead atoms. The summed E-state index contributed by atoms with van der Waals surface area (Å²) in [7, 11) is 1.97. The van der Waals surface area contributed by atoms with Gasteiger partial charge in [-0.25, -0.2) is 8.42 Å². The summed E-state index contributed by atoms with van der Waals surface area (Å²) in [6.45, 7) is 7.45. The van der Waals surface area contributed by atoms with Crippen LogP contribution in [0, 0.1) is 5.41 Å². The molecule has 0 heterocycles. The molecule has 0 N–H and O–H groups in total. The predicted octanol–water partition coefficient (Wildman–Crippen LogP) is 3.96. The number of unbranched alkanes of at least 4 members (excludes halogenated alkanes) is 1. The highest BCUT2D eigenvalue weighted by Crippen LogP contribution is 2.33. The van der Waals surface area contributed by atoms with Gasteiger partial charge in [0.25, 0.3) is 0 Å². The van der Waals surface area contributed by atoms with Crippen molar-refractivity contribution in [2.24, 2.45) is 5.41 Å². The van der Waals surface area contributed by atoms with Crippen LogP contribution >= 0.6 is 10.7 Å². The largest absolute Gasteiger partial charge is 0.381 e. The Morgan fingerprint density at radius 2 is 1.61 bits per heavy atom. The van der Waals surface area contributed by atoms with Crippen LogP contribution in [0.3, 0.4) is 0 Å². The summed E-state index contributed by atoms with van der Waals surface area (Å²) in [5.74, 6) is 0.0232. The Kier molecular flexibility index (Phi) is 9.26. The molecule has 0 aromatic carbocycles. The van der Waals surface area contributed by atoms with Crippen molar-refractivity contribution in [1.82, 2.24) is 0 Å². The van der Waals surface area contributed by atoms with E-state index in [1.54, 1.807) is 0 Å². The Labute approximate surface area is 117 Å². The van der Waals surface area contributed by atoms with Gasteiger partial charge in [-0.15, -0.1) is 0 Å². The summed E-state index contributed by atoms with van der Waals surface area (Å²) in [6, 6.07) is 0. The first-order valence-electron chi connectivity index (χ1n) is 6.89. The number of hydrogen-bond acceptors (Lipinski definition) is 3. The summed E-state index contributed by atoms with van der Waals surface area (Å²) in [5.41, 5.74) is -0.308. The summed E-state index contributed by atoms with van der Waals surface area (Å²) < 4.78 is 28.5. The van der Waals surface area contributed by atoms with Gasteiger partial charge in [-0.1, -0.05) is 40.0 Å². The van der Waals surface area contributed by atoms with E-state index in [0.717, 1.165) is 38.5 Å². The molecular formula is C13H27ClO3S. The maximum absolute atomic E-state index is 11.4. The average molecular weight is 299 g/mol. The number of ether oxygens (including phenoxy) is 1. The van der Waals surface area contributed by atoms with Crippen LogP contribution < -0.4 is 0 Å². The molecule has 3 nitrogen and oxygen atoms in total. The van der Waals surface area contributed by atoms with Crippen molar-refractivity contribution in [3.63, 3.8) is 0 Å². The average Bonchev–Trinajstić information content (AvgIpc) is 2.23. The van der Waals surface area contributed by atoms with Crippen LogP contribution in [-0.2, 0) is 13.8 Å². The molecule has 0 radical (unpaired) electrons. The Morgan fingerprint density at radius 1 is 1.06 bits per heavy atom. The van der Waals surface area contributed by atoms with Gasteiger partial charge in [0.1, 0.15) is 0 Å². The smallest absolute Gasteiger partial charge is 0.233 e. The molecule has 0 saturated carbocycles. The molecule has 0 atom stereocenters. The molecule has 0 unspecified atom stereocenters. The topological polar surface area (TPSA) is 43.4 Å². The van der Waals surface area contributed by atoms with Crippen molar-refractivity contribution in [1.29, 1.82) is 0 Å². The van der Waals surface area contributed by atoms with Crippen LogP contribution in [0.15, 0.2) is 0 Å². The predicted molar refractivity (Wildman–Crippen MR) is 77.6 cm³/mol. The Morgan fingerprint density at radius 3 is 2.00 bits per heavy atom. The molecule has 0 aliphatic rings. The molecule has 0 aromatic heterocycles. The highest BCUT2D eigenvalue weighted by atomic mass is 35.7. The van der Waals surface area contributed by atoms with Crippen molar-refractivity contribution in [2.75, 3.05) is 19.0 Å². The maximum Gasteiger partial charge on any atom is 0.233 e. The molecular weight excluding hydrogens is 272 g/mol. The summed E-state index contributed by atoms with van der Waals surface area (Å²) >= 11 is 0. The van der Waals surface area contributed by atoms with Gasteiger partial charge in [-0.05, 0) is 19.3 Å². The summed E-state index contributed by atoms with van der Waals surface area (Å²) in [6.07, 6.45) is 5.69. The molecule has 110 valence electrons. The highest BCUT2D eigenvalue weighted by Gasteiger charge is 2.33. The van der Waals surface area contributed by atoms with E-state index < -0.39 is 9.05 Å². The lowest BCUT2D eigenvalue weighted by molar-refractivity contribution is 0.0426. The lowest BCUT2D eigenvalue weighted by Crippen LogP contribution is -2.33. The van der Waals surface area contributed by atoms with Crippen LogP contribution in [0.5, 0.6) is 0 Å². The van der Waals surface area contributed by atoms with Gasteiger partial charge in [0.05, 0.1) is 12.4 Å². The molecule has 0 saturated heterocycles. The zero-order valence-corrected chi connectivity index (χ0v) is 13.4. The van der Waals surface area contributed by atoms with Gasteiger partial charge in [0.2, 0.25) is 9.05 Å². The number of halogens is 1. The van der Waals surface area contributed by atoms with Crippen molar-refractivity contribution < 1.29 is 13.2 Å². The van der Waals surface area contributed by atoms with Crippen LogP contribution in [0.4, 0.5) is 0 Å². The highest BCUT2D eigenvalue weighted by molar-refractivity contribution is 8.13. The first-order chi connectivity index (χ1) is 8.39. The molecule has 0 rings (SSSR count). The van der Waals surface area contributed by atoms with E-state index in [1.807, 2.05) is 0 Å². The third-order valence-corrected chi connectivity index (χ3v) is 4.37. The van der Waals surface area contributed by atoms with Crippen molar-refractivity contribution in [3.8, 4) is 0 Å². The van der Waals surface area contributed by atoms with Crippen LogP contribution in [-0.4, -0.2) is 27.4 Å². The fourth-order valence-electron chi connectivity index (χ4n) is 2.42. The fourth-order valence-corrected chi connectivity index (χ4v) is 4.21. The van der Waals surface area contributed by atoms with Crippen LogP contribution in [0.25, 0.3) is 0 Å². The third-order valence-electron chi connectivity index (χ3n) is 3.09. The van der Waals surface area contributed by atoms with E-state index in [4.69, 9.17) is 15.4 Å². The minimum atomic E-state index is -3.48. The second kappa shape index (κ2) is 9.16. The molecule has 18 heavy (non-hydrogen) atoms. The van der Waals surface area contributed by atoms with Crippen molar-refractivity contribution in [2.45, 2.75) is 59.3 Å². The minimum absolute atomic E-state index is 0.0232. The molecule has 0 amide bonds. The summed E-state index contributed by atoms with van der Waals surface area (Å²) in [4.78, 5) is 0. The first kappa shape index (κ1) is 18.2. The Balaban J connectivity index is 4.62. The second-order valence-corrected chi connectivity index (χ2v) is 7.87. The van der Waals surface area contributed by atoms with Gasteiger partial charge in [0, 0.05) is 22.7 Å². The second-order valence-electron chi connectivity index (χ2n) is 5.09. The van der Waals surface area contributed by atoms with Gasteiger partial charge >= 0.3 is 0 Å². The quantitative estimate of drug-likeness (QED) is 0.428. The number of rotatable bonds is 11. The minimum Gasteiger partial charge on any atom is -0.381 e. The van der Waals surface area contributed by atoms with Crippen LogP contribution in [0.1, 0.15) is 59.3 Å².